The van der Waals surface area contributed by atoms with Crippen molar-refractivity contribution in [3.8, 4) is 0 Å². The van der Waals surface area contributed by atoms with Crippen LogP contribution in [0.1, 0.15) is 59.2 Å². The molecule has 2 saturated heterocycles. The van der Waals surface area contributed by atoms with Gasteiger partial charge in [0.15, 0.2) is 6.79 Å². The number of rotatable bonds is 18. The molecule has 21 nitrogen and oxygen atoms in total. The minimum Gasteiger partial charge on any atom is -0.461 e. The molecule has 0 atom stereocenters. The van der Waals surface area contributed by atoms with Gasteiger partial charge in [0.2, 0.25) is 0 Å². The molecule has 23 heteroatoms. The Morgan fingerprint density at radius 2 is 1.25 bits per heavy atom. The lowest BCUT2D eigenvalue weighted by molar-refractivity contribution is -0.385. The molecule has 0 aromatic heterocycles. The molecule has 4 amide bonds. The van der Waals surface area contributed by atoms with Crippen molar-refractivity contribution in [2.24, 2.45) is 0 Å². The molecule has 2 fully saturated rings. The number of nitro benzene ring substituents is 1. The third-order valence-electron chi connectivity index (χ3n) is 6.65. The molecule has 0 unspecified atom stereocenters. The number of imide groups is 2. The summed E-state index contributed by atoms with van der Waals surface area (Å²) in [6.45, 7) is -1.49. The summed E-state index contributed by atoms with van der Waals surface area (Å²) in [4.78, 5) is 120. The molecule has 0 radical (unpaired) electrons. The van der Waals surface area contributed by atoms with Crippen molar-refractivity contribution < 1.29 is 77.4 Å². The number of carbonyl (C=O) groups excluding carboxylic acids is 8. The fraction of sp³-hybridized carbons (Fsp3) is 0.310. The van der Waals surface area contributed by atoms with Crippen molar-refractivity contribution in [3.05, 3.63) is 57.6 Å². The van der Waals surface area contributed by atoms with E-state index in [0.29, 0.717) is 19.9 Å². The molecule has 0 saturated carbocycles. The number of hydrogen-bond donors (Lipinski definition) is 2. The van der Waals surface area contributed by atoms with Gasteiger partial charge in [0.05, 0.1) is 35.6 Å². The number of nitro groups is 1. The van der Waals surface area contributed by atoms with E-state index in [-0.39, 0.29) is 50.0 Å². The van der Waals surface area contributed by atoms with Gasteiger partial charge in [0.1, 0.15) is 12.2 Å². The Balaban J connectivity index is 1.30. The minimum absolute atomic E-state index is 0.0201. The first-order valence-electron chi connectivity index (χ1n) is 14.8. The van der Waals surface area contributed by atoms with Crippen LogP contribution in [0.3, 0.4) is 0 Å². The lowest BCUT2D eigenvalue weighted by Gasteiger charge is -2.13. The highest BCUT2D eigenvalue weighted by molar-refractivity contribution is 8.76. The van der Waals surface area contributed by atoms with Gasteiger partial charge in [0, 0.05) is 41.5 Å². The van der Waals surface area contributed by atoms with E-state index in [0.717, 1.165) is 27.7 Å². The van der Waals surface area contributed by atoms with Crippen LogP contribution in [0.2, 0.25) is 0 Å². The second kappa shape index (κ2) is 18.6. The van der Waals surface area contributed by atoms with Crippen molar-refractivity contribution in [1.29, 1.82) is 0 Å². The first kappa shape index (κ1) is 39.2. The number of nitrogens with zero attached hydrogens (tertiary/aromatic N) is 3. The van der Waals surface area contributed by atoms with E-state index < -0.39 is 83.5 Å². The molecular formula is C29H26N4O17S2. The highest BCUT2D eigenvalue weighted by atomic mass is 33.1. The van der Waals surface area contributed by atoms with Gasteiger partial charge < -0.3 is 23.9 Å². The maximum Gasteiger partial charge on any atom is 0.345 e. The maximum atomic E-state index is 12.8. The van der Waals surface area contributed by atoms with Crippen LogP contribution in [-0.2, 0) is 57.6 Å². The summed E-state index contributed by atoms with van der Waals surface area (Å²) >= 11 is 0. The number of benzene rings is 2. The summed E-state index contributed by atoms with van der Waals surface area (Å²) < 4.78 is 15.1. The number of nitrogens with one attached hydrogen (secondary N) is 1. The van der Waals surface area contributed by atoms with Crippen LogP contribution in [0.15, 0.2) is 46.2 Å². The second-order valence-corrected chi connectivity index (χ2v) is 12.5. The number of ether oxygens (including phenoxy) is 3. The van der Waals surface area contributed by atoms with E-state index in [1.54, 1.807) is 0 Å². The van der Waals surface area contributed by atoms with Gasteiger partial charge in [-0.2, -0.15) is 0 Å². The molecule has 276 valence electrons. The van der Waals surface area contributed by atoms with Crippen molar-refractivity contribution in [1.82, 2.24) is 10.1 Å². The quantitative estimate of drug-likeness (QED) is 0.0322. The Labute approximate surface area is 299 Å². The lowest BCUT2D eigenvalue weighted by Crippen LogP contribution is -2.32. The van der Waals surface area contributed by atoms with Gasteiger partial charge in [-0.05, 0) is 30.3 Å². The monoisotopic (exact) mass is 766 g/mol. The van der Waals surface area contributed by atoms with E-state index in [1.807, 2.05) is 0 Å². The van der Waals surface area contributed by atoms with E-state index >= 15 is 0 Å². The summed E-state index contributed by atoms with van der Waals surface area (Å²) in [5, 5.41) is 21.1. The molecule has 0 bridgehead atoms. The fourth-order valence-corrected chi connectivity index (χ4v) is 6.14. The predicted molar refractivity (Wildman–Crippen MR) is 169 cm³/mol. The third kappa shape index (κ3) is 10.7. The predicted octanol–water partition coefficient (Wildman–Crippen LogP) is 2.49. The Kier molecular flexibility index (Phi) is 14.0. The Bertz CT molecular complexity index is 1760. The van der Waals surface area contributed by atoms with Crippen LogP contribution in [0, 0.1) is 10.1 Å². The number of esters is 2. The Morgan fingerprint density at radius 3 is 1.79 bits per heavy atom. The standard InChI is InChI=1S/C29H26N4O17S2/c34-22-5-6-23(35)31(22)48-26(38)9-11-45-15-47-28(40)18-13-16(1-3-20(18)30-50-44)51-52-17-2-4-21(33(42)43)19(14-17)29(41)46-12-10-27(39)49-32-24(36)7-8-25(32)37/h1-4,13-14,30,44H,5-12,15H2. The van der Waals surface area contributed by atoms with Crippen molar-refractivity contribution >= 4 is 80.5 Å². The molecule has 2 heterocycles. The van der Waals surface area contributed by atoms with Crippen molar-refractivity contribution in [2.75, 3.05) is 25.5 Å². The van der Waals surface area contributed by atoms with Crippen LogP contribution in [0.25, 0.3) is 0 Å². The van der Waals surface area contributed by atoms with Crippen LogP contribution in [-0.4, -0.2) is 87.8 Å². The molecule has 4 rings (SSSR count). The van der Waals surface area contributed by atoms with Crippen LogP contribution in [0.4, 0.5) is 11.4 Å². The summed E-state index contributed by atoms with van der Waals surface area (Å²) in [6.07, 6.45) is -1.27. The largest absolute Gasteiger partial charge is 0.461 e. The highest BCUT2D eigenvalue weighted by Crippen LogP contribution is 2.40. The van der Waals surface area contributed by atoms with Gasteiger partial charge >= 0.3 is 23.9 Å². The Morgan fingerprint density at radius 1 is 0.750 bits per heavy atom. The number of carbonyl (C=O) groups is 8. The lowest BCUT2D eigenvalue weighted by atomic mass is 10.2. The average molecular weight is 767 g/mol. The van der Waals surface area contributed by atoms with Gasteiger partial charge in [-0.25, -0.2) is 29.9 Å². The smallest absolute Gasteiger partial charge is 0.345 e. The Hall–Kier alpha value is -5.62. The SMILES string of the molecule is O=C(CCOCOC(=O)c1cc(SSc2ccc([N+](=O)[O-])c(C(=O)OCCC(=O)ON3C(=O)CCC3=O)c2)ccc1NOO)ON1C(=O)CCC1=O. The molecular weight excluding hydrogens is 740 g/mol. The van der Waals surface area contributed by atoms with Gasteiger partial charge in [-0.3, -0.25) is 29.3 Å². The summed E-state index contributed by atoms with van der Waals surface area (Å²) in [7, 11) is 2.08. The zero-order chi connectivity index (χ0) is 37.8. The van der Waals surface area contributed by atoms with Crippen molar-refractivity contribution in [3.63, 3.8) is 0 Å². The maximum absolute atomic E-state index is 12.8. The topological polar surface area (TPSA) is 274 Å². The van der Waals surface area contributed by atoms with Gasteiger partial charge in [-0.1, -0.05) is 21.6 Å². The second-order valence-electron chi connectivity index (χ2n) is 10.2. The zero-order valence-corrected chi connectivity index (χ0v) is 28.1. The average Bonchev–Trinajstić information content (AvgIpc) is 3.61. The number of anilines is 1. The van der Waals surface area contributed by atoms with Crippen LogP contribution >= 0.6 is 21.6 Å². The molecule has 0 spiro atoms. The zero-order valence-electron chi connectivity index (χ0n) is 26.5. The molecule has 2 aliphatic heterocycles. The molecule has 52 heavy (non-hydrogen) atoms. The molecule has 2 aromatic carbocycles. The number of hydroxylamine groups is 4. The summed E-state index contributed by atoms with van der Waals surface area (Å²) in [6, 6.07) is 7.80. The molecule has 2 aromatic rings. The van der Waals surface area contributed by atoms with E-state index in [4.69, 9.17) is 24.3 Å². The van der Waals surface area contributed by atoms with Gasteiger partial charge in [-0.15, -0.1) is 15.1 Å². The van der Waals surface area contributed by atoms with Crippen LogP contribution < -0.4 is 5.48 Å². The first-order valence-corrected chi connectivity index (χ1v) is 16.9. The van der Waals surface area contributed by atoms with Gasteiger partial charge in [0.25, 0.3) is 29.3 Å². The summed E-state index contributed by atoms with van der Waals surface area (Å²) in [5.41, 5.74) is 0.910. The molecule has 2 N–H and O–H groups in total. The summed E-state index contributed by atoms with van der Waals surface area (Å²) in [5.74, 6) is -6.73. The van der Waals surface area contributed by atoms with E-state index in [2.05, 4.69) is 15.3 Å². The van der Waals surface area contributed by atoms with E-state index in [9.17, 15) is 48.5 Å². The molecule has 0 aliphatic carbocycles. The third-order valence-corrected chi connectivity index (χ3v) is 9.03. The first-order chi connectivity index (χ1) is 24.9. The molecule has 2 aliphatic rings. The normalized spacial score (nSPS) is 14.0. The van der Waals surface area contributed by atoms with Crippen molar-refractivity contribution in [2.45, 2.75) is 48.3 Å². The minimum atomic E-state index is -1.14. The highest BCUT2D eigenvalue weighted by Gasteiger charge is 2.34. The fourth-order valence-electron chi connectivity index (χ4n) is 4.17. The van der Waals surface area contributed by atoms with E-state index in [1.165, 1.54) is 30.3 Å². The number of hydrogen-bond acceptors (Lipinski definition) is 20. The number of amides is 4. The van der Waals surface area contributed by atoms with Crippen LogP contribution in [0.5, 0.6) is 0 Å².